The van der Waals surface area contributed by atoms with Crippen LogP contribution in [0.25, 0.3) is 10.2 Å². The number of benzene rings is 2. The lowest BCUT2D eigenvalue weighted by atomic mass is 10.1. The van der Waals surface area contributed by atoms with Gasteiger partial charge in [-0.05, 0) is 42.3 Å². The second kappa shape index (κ2) is 11.5. The maximum Gasteiger partial charge on any atom is 0.310 e. The number of nitrogens with zero attached hydrogens (tertiary/aromatic N) is 1. The Bertz CT molecular complexity index is 1430. The van der Waals surface area contributed by atoms with Crippen molar-refractivity contribution in [1.82, 2.24) is 15.3 Å². The van der Waals surface area contributed by atoms with Gasteiger partial charge in [-0.1, -0.05) is 24.3 Å². The van der Waals surface area contributed by atoms with Crippen LogP contribution in [-0.4, -0.2) is 35.6 Å². The van der Waals surface area contributed by atoms with Crippen LogP contribution in [0, 0.1) is 0 Å². The number of carbonyl (C=O) groups is 2. The fourth-order valence-corrected chi connectivity index (χ4v) is 4.44. The second-order valence-electron chi connectivity index (χ2n) is 7.80. The topological polar surface area (TPSA) is 120 Å². The molecule has 0 aliphatic carbocycles. The Morgan fingerprint density at radius 1 is 1.08 bits per heavy atom. The Labute approximate surface area is 211 Å². The molecule has 0 bridgehead atoms. The van der Waals surface area contributed by atoms with Crippen molar-refractivity contribution in [2.75, 3.05) is 13.7 Å². The summed E-state index contributed by atoms with van der Waals surface area (Å²) in [6.07, 6.45) is 0.194. The molecule has 0 aliphatic rings. The van der Waals surface area contributed by atoms with Gasteiger partial charge in [-0.15, -0.1) is 11.3 Å². The molecule has 0 saturated carbocycles. The minimum Gasteiger partial charge on any atom is -0.497 e. The molecule has 2 aromatic heterocycles. The van der Waals surface area contributed by atoms with E-state index in [2.05, 4.69) is 15.3 Å². The van der Waals surface area contributed by atoms with Crippen molar-refractivity contribution in [1.29, 1.82) is 0 Å². The summed E-state index contributed by atoms with van der Waals surface area (Å²) in [5, 5.41) is 4.94. The molecular formula is C26H25N3O6S. The zero-order valence-electron chi connectivity index (χ0n) is 19.8. The van der Waals surface area contributed by atoms with Gasteiger partial charge in [-0.25, -0.2) is 4.98 Å². The van der Waals surface area contributed by atoms with Gasteiger partial charge in [0.05, 0.1) is 25.5 Å². The Hall–Kier alpha value is -4.18. The molecule has 0 atom stereocenters. The van der Waals surface area contributed by atoms with Crippen molar-refractivity contribution in [3.05, 3.63) is 86.8 Å². The minimum absolute atomic E-state index is 0.0538. The van der Waals surface area contributed by atoms with Crippen LogP contribution >= 0.6 is 11.3 Å². The molecule has 0 spiro atoms. The number of methoxy groups -OCH3 is 1. The van der Waals surface area contributed by atoms with E-state index < -0.39 is 11.5 Å². The minimum atomic E-state index is -0.481. The molecule has 4 rings (SSSR count). The van der Waals surface area contributed by atoms with Crippen LogP contribution in [-0.2, 0) is 29.1 Å². The first kappa shape index (κ1) is 24.9. The van der Waals surface area contributed by atoms with Crippen LogP contribution < -0.4 is 20.3 Å². The predicted molar refractivity (Wildman–Crippen MR) is 136 cm³/mol. The highest BCUT2D eigenvalue weighted by molar-refractivity contribution is 7.16. The molecular weight excluding hydrogens is 482 g/mol. The average Bonchev–Trinajstić information content (AvgIpc) is 3.30. The lowest BCUT2D eigenvalue weighted by Gasteiger charge is -2.08. The molecule has 186 valence electrons. The highest BCUT2D eigenvalue weighted by atomic mass is 32.1. The molecule has 4 aromatic rings. The number of aromatic nitrogens is 2. The number of carbonyl (C=O) groups excluding carboxylic acids is 2. The summed E-state index contributed by atoms with van der Waals surface area (Å²) < 4.78 is 16.0. The number of fused-ring (bicyclic) bond motifs is 1. The fourth-order valence-electron chi connectivity index (χ4n) is 3.51. The predicted octanol–water partition coefficient (Wildman–Crippen LogP) is 3.61. The third-order valence-corrected chi connectivity index (χ3v) is 6.21. The third kappa shape index (κ3) is 6.08. The summed E-state index contributed by atoms with van der Waals surface area (Å²) in [6.45, 7) is 2.53. The smallest absolute Gasteiger partial charge is 0.310 e. The van der Waals surface area contributed by atoms with E-state index in [4.69, 9.17) is 14.2 Å². The number of nitrogens with one attached hydrogen (secondary N) is 2. The standard InChI is InChI=1S/C26H25N3O6S/c1-3-34-21(30)12-16-7-9-19(10-8-16)35-14-18-15-36-26-22(18)24(31)28-23(29-26)25(32)27-13-17-5-4-6-20(11-17)33-2/h4-11,15H,3,12-14H2,1-2H3,(H,27,32)(H,28,29,31). The molecule has 0 saturated heterocycles. The molecule has 10 heteroatoms. The Kier molecular flexibility index (Phi) is 7.96. The van der Waals surface area contributed by atoms with Crippen LogP contribution in [0.1, 0.15) is 34.2 Å². The number of hydrogen-bond donors (Lipinski definition) is 2. The average molecular weight is 508 g/mol. The number of rotatable bonds is 10. The number of thiophene rings is 1. The number of hydrogen-bond acceptors (Lipinski definition) is 8. The van der Waals surface area contributed by atoms with E-state index in [1.807, 2.05) is 24.3 Å². The van der Waals surface area contributed by atoms with Crippen LogP contribution in [0.4, 0.5) is 0 Å². The fraction of sp³-hybridized carbons (Fsp3) is 0.231. The highest BCUT2D eigenvalue weighted by Crippen LogP contribution is 2.23. The number of amides is 1. The van der Waals surface area contributed by atoms with Crippen molar-refractivity contribution >= 4 is 33.4 Å². The Morgan fingerprint density at radius 2 is 1.89 bits per heavy atom. The first-order valence-corrected chi connectivity index (χ1v) is 12.1. The van der Waals surface area contributed by atoms with Crippen LogP contribution in [0.5, 0.6) is 11.5 Å². The van der Waals surface area contributed by atoms with E-state index in [0.717, 1.165) is 11.1 Å². The normalized spacial score (nSPS) is 10.7. The first-order valence-electron chi connectivity index (χ1n) is 11.3. The summed E-state index contributed by atoms with van der Waals surface area (Å²) in [7, 11) is 1.58. The molecule has 0 radical (unpaired) electrons. The van der Waals surface area contributed by atoms with E-state index >= 15 is 0 Å². The Balaban J connectivity index is 1.40. The van der Waals surface area contributed by atoms with Crippen molar-refractivity contribution in [2.45, 2.75) is 26.5 Å². The summed E-state index contributed by atoms with van der Waals surface area (Å²) in [4.78, 5) is 44.3. The van der Waals surface area contributed by atoms with Crippen LogP contribution in [0.15, 0.2) is 58.7 Å². The largest absolute Gasteiger partial charge is 0.497 e. The monoisotopic (exact) mass is 507 g/mol. The molecule has 2 N–H and O–H groups in total. The zero-order chi connectivity index (χ0) is 25.5. The molecule has 0 fully saturated rings. The van der Waals surface area contributed by atoms with Gasteiger partial charge in [-0.3, -0.25) is 14.4 Å². The van der Waals surface area contributed by atoms with Gasteiger partial charge in [0.15, 0.2) is 0 Å². The quantitative estimate of drug-likeness (QED) is 0.315. The second-order valence-corrected chi connectivity index (χ2v) is 8.66. The molecule has 2 heterocycles. The molecule has 36 heavy (non-hydrogen) atoms. The maximum absolute atomic E-state index is 12.8. The summed E-state index contributed by atoms with van der Waals surface area (Å²) in [6, 6.07) is 14.4. The molecule has 1 amide bonds. The van der Waals surface area contributed by atoms with Gasteiger partial charge < -0.3 is 24.5 Å². The Morgan fingerprint density at radius 3 is 2.64 bits per heavy atom. The SMILES string of the molecule is CCOC(=O)Cc1ccc(OCc2csc3nc(C(=O)NCc4cccc(OC)c4)[nH]c(=O)c23)cc1. The van der Waals surface area contributed by atoms with Gasteiger partial charge in [0.2, 0.25) is 5.82 Å². The van der Waals surface area contributed by atoms with Gasteiger partial charge >= 0.3 is 5.97 Å². The lowest BCUT2D eigenvalue weighted by molar-refractivity contribution is -0.142. The van der Waals surface area contributed by atoms with Crippen LogP contribution in [0.3, 0.4) is 0 Å². The third-order valence-electron chi connectivity index (χ3n) is 5.29. The van der Waals surface area contributed by atoms with Gasteiger partial charge in [0, 0.05) is 17.5 Å². The van der Waals surface area contributed by atoms with E-state index in [1.165, 1.54) is 11.3 Å². The van der Waals surface area contributed by atoms with Gasteiger partial charge in [0.1, 0.15) is 22.9 Å². The van der Waals surface area contributed by atoms with Crippen LogP contribution in [0.2, 0.25) is 0 Å². The summed E-state index contributed by atoms with van der Waals surface area (Å²) >= 11 is 1.27. The number of esters is 1. The summed E-state index contributed by atoms with van der Waals surface area (Å²) in [5.41, 5.74) is 1.94. The first-order chi connectivity index (χ1) is 17.5. The molecule has 0 aliphatic heterocycles. The van der Waals surface area contributed by atoms with E-state index in [0.29, 0.717) is 33.9 Å². The molecule has 9 nitrogen and oxygen atoms in total. The van der Waals surface area contributed by atoms with Crippen molar-refractivity contribution < 1.29 is 23.8 Å². The maximum atomic E-state index is 12.8. The van der Waals surface area contributed by atoms with E-state index in [-0.39, 0.29) is 31.4 Å². The van der Waals surface area contributed by atoms with Crippen molar-refractivity contribution in [3.63, 3.8) is 0 Å². The lowest BCUT2D eigenvalue weighted by Crippen LogP contribution is -2.27. The van der Waals surface area contributed by atoms with Crippen molar-refractivity contribution in [2.24, 2.45) is 0 Å². The molecule has 2 aromatic carbocycles. The van der Waals surface area contributed by atoms with E-state index in [9.17, 15) is 14.4 Å². The molecule has 0 unspecified atom stereocenters. The number of aromatic amines is 1. The highest BCUT2D eigenvalue weighted by Gasteiger charge is 2.16. The van der Waals surface area contributed by atoms with E-state index in [1.54, 1.807) is 43.7 Å². The van der Waals surface area contributed by atoms with Gasteiger partial charge in [-0.2, -0.15) is 0 Å². The number of H-pyrrole nitrogens is 1. The van der Waals surface area contributed by atoms with Gasteiger partial charge in [0.25, 0.3) is 11.5 Å². The van der Waals surface area contributed by atoms with Crippen molar-refractivity contribution in [3.8, 4) is 11.5 Å². The summed E-state index contributed by atoms with van der Waals surface area (Å²) in [5.74, 6) is 0.472. The number of ether oxygens (including phenoxy) is 3. The zero-order valence-corrected chi connectivity index (χ0v) is 20.6.